The van der Waals surface area contributed by atoms with Crippen molar-refractivity contribution in [2.24, 2.45) is 5.73 Å². The third-order valence-electron chi connectivity index (χ3n) is 2.38. The van der Waals surface area contributed by atoms with Crippen molar-refractivity contribution in [3.63, 3.8) is 0 Å². The Morgan fingerprint density at radius 3 is 2.06 bits per heavy atom. The van der Waals surface area contributed by atoms with Gasteiger partial charge in [0.2, 0.25) is 5.91 Å². The Morgan fingerprint density at radius 1 is 1.06 bits per heavy atom. The zero-order valence-electron chi connectivity index (χ0n) is 8.92. The first kappa shape index (κ1) is 11.1. The summed E-state index contributed by atoms with van der Waals surface area (Å²) in [7, 11) is 0. The van der Waals surface area contributed by atoms with E-state index >= 15 is 0 Å². The number of primary amides is 1. The predicted octanol–water partition coefficient (Wildman–Crippen LogP) is 0.144. The Morgan fingerprint density at radius 2 is 1.59 bits per heavy atom. The molecule has 17 heavy (non-hydrogen) atoms. The van der Waals surface area contributed by atoms with Gasteiger partial charge in [0, 0.05) is 12.2 Å². The molecule has 5 heteroatoms. The smallest absolute Gasteiger partial charge is 0.258 e. The molecule has 0 aromatic heterocycles. The van der Waals surface area contributed by atoms with Crippen LogP contribution in [0.15, 0.2) is 36.4 Å². The molecule has 0 unspecified atom stereocenters. The van der Waals surface area contributed by atoms with Crippen molar-refractivity contribution >= 4 is 23.4 Å². The fourth-order valence-corrected chi connectivity index (χ4v) is 1.62. The molecule has 1 aromatic rings. The monoisotopic (exact) mass is 230 g/mol. The van der Waals surface area contributed by atoms with Gasteiger partial charge in [0.15, 0.2) is 0 Å². The summed E-state index contributed by atoms with van der Waals surface area (Å²) in [6.07, 6.45) is 2.58. The molecule has 86 valence electrons. The number of hydrogen-bond donors (Lipinski definition) is 1. The van der Waals surface area contributed by atoms with Gasteiger partial charge in [0.25, 0.3) is 11.8 Å². The van der Waals surface area contributed by atoms with Crippen LogP contribution in [0, 0.1) is 0 Å². The van der Waals surface area contributed by atoms with Gasteiger partial charge in [-0.2, -0.15) is 0 Å². The molecule has 3 amide bonds. The summed E-state index contributed by atoms with van der Waals surface area (Å²) in [5.74, 6) is -1.15. The number of amides is 3. The van der Waals surface area contributed by atoms with E-state index in [4.69, 9.17) is 5.73 Å². The van der Waals surface area contributed by atoms with Crippen LogP contribution < -0.4 is 10.6 Å². The maximum atomic E-state index is 11.4. The van der Waals surface area contributed by atoms with Crippen molar-refractivity contribution in [3.05, 3.63) is 42.0 Å². The van der Waals surface area contributed by atoms with Crippen molar-refractivity contribution in [1.29, 1.82) is 0 Å². The zero-order valence-corrected chi connectivity index (χ0v) is 8.92. The van der Waals surface area contributed by atoms with Gasteiger partial charge >= 0.3 is 0 Å². The van der Waals surface area contributed by atoms with Gasteiger partial charge in [-0.25, -0.2) is 4.90 Å². The third-order valence-corrected chi connectivity index (χ3v) is 2.38. The number of nitrogens with two attached hydrogens (primary N) is 1. The lowest BCUT2D eigenvalue weighted by Crippen LogP contribution is -2.29. The predicted molar refractivity (Wildman–Crippen MR) is 61.0 cm³/mol. The van der Waals surface area contributed by atoms with E-state index in [0.29, 0.717) is 5.69 Å². The number of imide groups is 1. The number of carbonyl (C=O) groups is 3. The lowest BCUT2D eigenvalue weighted by Gasteiger charge is -2.13. The Hall–Kier alpha value is -2.43. The molecule has 0 bridgehead atoms. The second kappa shape index (κ2) is 4.21. The Bertz CT molecular complexity index is 499. The fourth-order valence-electron chi connectivity index (χ4n) is 1.62. The van der Waals surface area contributed by atoms with Crippen LogP contribution in [-0.2, 0) is 20.8 Å². The normalized spacial score (nSPS) is 14.5. The van der Waals surface area contributed by atoms with Crippen LogP contribution in [0.2, 0.25) is 0 Å². The largest absolute Gasteiger partial charge is 0.369 e. The number of anilines is 1. The highest BCUT2D eigenvalue weighted by Gasteiger charge is 2.24. The highest BCUT2D eigenvalue weighted by Crippen LogP contribution is 2.19. The van der Waals surface area contributed by atoms with Gasteiger partial charge in [0.05, 0.1) is 12.1 Å². The van der Waals surface area contributed by atoms with E-state index in [1.165, 1.54) is 12.2 Å². The van der Waals surface area contributed by atoms with Gasteiger partial charge in [0.1, 0.15) is 0 Å². The molecule has 2 rings (SSSR count). The van der Waals surface area contributed by atoms with Crippen molar-refractivity contribution in [1.82, 2.24) is 0 Å². The molecule has 0 radical (unpaired) electrons. The molecule has 1 aromatic carbocycles. The Labute approximate surface area is 97.5 Å². The lowest BCUT2D eigenvalue weighted by atomic mass is 10.1. The topological polar surface area (TPSA) is 80.5 Å². The summed E-state index contributed by atoms with van der Waals surface area (Å²) in [5.41, 5.74) is 6.29. The van der Waals surface area contributed by atoms with Gasteiger partial charge < -0.3 is 5.73 Å². The molecule has 1 heterocycles. The standard InChI is InChI=1S/C12H10N2O3/c13-10(15)7-8-1-3-9(4-2-8)14-11(16)5-6-12(14)17/h1-6H,7H2,(H2,13,15). The van der Waals surface area contributed by atoms with Gasteiger partial charge in [-0.3, -0.25) is 14.4 Å². The second-order valence-electron chi connectivity index (χ2n) is 3.65. The van der Waals surface area contributed by atoms with Crippen LogP contribution in [-0.4, -0.2) is 17.7 Å². The molecule has 0 saturated carbocycles. The number of rotatable bonds is 3. The van der Waals surface area contributed by atoms with Crippen LogP contribution in [0.4, 0.5) is 5.69 Å². The molecule has 0 aliphatic carbocycles. The van der Waals surface area contributed by atoms with Crippen molar-refractivity contribution in [3.8, 4) is 0 Å². The van der Waals surface area contributed by atoms with Crippen molar-refractivity contribution in [2.45, 2.75) is 6.42 Å². The average Bonchev–Trinajstić information content (AvgIpc) is 2.59. The Kier molecular flexibility index (Phi) is 2.74. The van der Waals surface area contributed by atoms with E-state index in [1.54, 1.807) is 24.3 Å². The molecule has 1 aliphatic rings. The van der Waals surface area contributed by atoms with E-state index in [0.717, 1.165) is 10.5 Å². The zero-order chi connectivity index (χ0) is 12.4. The minimum Gasteiger partial charge on any atom is -0.369 e. The van der Waals surface area contributed by atoms with E-state index in [2.05, 4.69) is 0 Å². The van der Waals surface area contributed by atoms with E-state index < -0.39 is 5.91 Å². The summed E-state index contributed by atoms with van der Waals surface area (Å²) in [6.45, 7) is 0. The molecule has 0 atom stereocenters. The third kappa shape index (κ3) is 2.23. The summed E-state index contributed by atoms with van der Waals surface area (Å²) >= 11 is 0. The van der Waals surface area contributed by atoms with Gasteiger partial charge in [-0.1, -0.05) is 12.1 Å². The SMILES string of the molecule is NC(=O)Cc1ccc(N2C(=O)C=CC2=O)cc1. The fraction of sp³-hybridized carbons (Fsp3) is 0.0833. The minimum absolute atomic E-state index is 0.139. The summed E-state index contributed by atoms with van der Waals surface area (Å²) in [6, 6.07) is 6.56. The van der Waals surface area contributed by atoms with Gasteiger partial charge in [-0.05, 0) is 17.7 Å². The highest BCUT2D eigenvalue weighted by atomic mass is 16.2. The quantitative estimate of drug-likeness (QED) is 0.750. The van der Waals surface area contributed by atoms with E-state index in [-0.39, 0.29) is 18.2 Å². The highest BCUT2D eigenvalue weighted by molar-refractivity contribution is 6.28. The van der Waals surface area contributed by atoms with Crippen LogP contribution in [0.1, 0.15) is 5.56 Å². The van der Waals surface area contributed by atoms with Crippen LogP contribution in [0.3, 0.4) is 0 Å². The molecule has 0 spiro atoms. The second-order valence-corrected chi connectivity index (χ2v) is 3.65. The molecular formula is C12H10N2O3. The van der Waals surface area contributed by atoms with E-state index in [9.17, 15) is 14.4 Å². The maximum Gasteiger partial charge on any atom is 0.258 e. The number of carbonyl (C=O) groups excluding carboxylic acids is 3. The number of hydrogen-bond acceptors (Lipinski definition) is 3. The van der Waals surface area contributed by atoms with Crippen molar-refractivity contribution < 1.29 is 14.4 Å². The molecular weight excluding hydrogens is 220 g/mol. The summed E-state index contributed by atoms with van der Waals surface area (Å²) in [4.78, 5) is 34.6. The number of benzene rings is 1. The van der Waals surface area contributed by atoms with Gasteiger partial charge in [-0.15, -0.1) is 0 Å². The lowest BCUT2D eigenvalue weighted by molar-refractivity contribution is -0.120. The molecule has 2 N–H and O–H groups in total. The Balaban J connectivity index is 2.21. The first-order chi connectivity index (χ1) is 8.08. The first-order valence-electron chi connectivity index (χ1n) is 5.01. The van der Waals surface area contributed by atoms with Crippen LogP contribution >= 0.6 is 0 Å². The summed E-state index contributed by atoms with van der Waals surface area (Å²) < 4.78 is 0. The average molecular weight is 230 g/mol. The molecule has 0 fully saturated rings. The first-order valence-corrected chi connectivity index (χ1v) is 5.01. The number of nitrogens with zero attached hydrogens (tertiary/aromatic N) is 1. The summed E-state index contributed by atoms with van der Waals surface area (Å²) in [5, 5.41) is 0. The van der Waals surface area contributed by atoms with E-state index in [1.807, 2.05) is 0 Å². The van der Waals surface area contributed by atoms with Crippen molar-refractivity contribution in [2.75, 3.05) is 4.90 Å². The van der Waals surface area contributed by atoms with Crippen LogP contribution in [0.5, 0.6) is 0 Å². The molecule has 0 saturated heterocycles. The molecule has 5 nitrogen and oxygen atoms in total. The minimum atomic E-state index is -0.423. The maximum absolute atomic E-state index is 11.4. The van der Waals surface area contributed by atoms with Crippen LogP contribution in [0.25, 0.3) is 0 Å². The molecule has 1 aliphatic heterocycles.